The van der Waals surface area contributed by atoms with Gasteiger partial charge in [0.1, 0.15) is 6.29 Å². The zero-order valence-electron chi connectivity index (χ0n) is 7.25. The zero-order valence-corrected chi connectivity index (χ0v) is 7.25. The lowest BCUT2D eigenvalue weighted by molar-refractivity contribution is -0.130. The van der Waals surface area contributed by atoms with Gasteiger partial charge < -0.3 is 9.69 Å². The predicted octanol–water partition coefficient (Wildman–Crippen LogP) is 0.752. The summed E-state index contributed by atoms with van der Waals surface area (Å²) in [4.78, 5) is 23.5. The van der Waals surface area contributed by atoms with Crippen LogP contribution < -0.4 is 0 Å². The first-order valence-electron chi connectivity index (χ1n) is 4.08. The van der Waals surface area contributed by atoms with Crippen molar-refractivity contribution in [2.75, 3.05) is 6.54 Å². The Morgan fingerprint density at radius 2 is 2.33 bits per heavy atom. The predicted molar refractivity (Wildman–Crippen MR) is 45.6 cm³/mol. The highest BCUT2D eigenvalue weighted by atomic mass is 16.2. The summed E-state index contributed by atoms with van der Waals surface area (Å²) in [5.41, 5.74) is 0.503. The number of carbonyl (C=O) groups excluding carboxylic acids is 2. The molecule has 1 aliphatic rings. The van der Waals surface area contributed by atoms with Crippen molar-refractivity contribution in [2.24, 2.45) is 0 Å². The fourth-order valence-corrected chi connectivity index (χ4v) is 1.43. The standard InChI is InChI=1S/C9H13NO2/c1-7(2)9(12)10-5-3-4-8(10)6-11/h6,8H,1,3-5H2,2H3/t8-/m1/s1. The van der Waals surface area contributed by atoms with Crippen LogP contribution in [0.5, 0.6) is 0 Å². The lowest BCUT2D eigenvalue weighted by Crippen LogP contribution is -2.36. The Bertz CT molecular complexity index is 223. The van der Waals surface area contributed by atoms with Crippen molar-refractivity contribution in [1.29, 1.82) is 0 Å². The van der Waals surface area contributed by atoms with E-state index in [1.807, 2.05) is 0 Å². The Labute approximate surface area is 72.0 Å². The second-order valence-corrected chi connectivity index (χ2v) is 3.12. The van der Waals surface area contributed by atoms with Crippen molar-refractivity contribution in [3.63, 3.8) is 0 Å². The molecule has 0 N–H and O–H groups in total. The van der Waals surface area contributed by atoms with E-state index in [1.165, 1.54) is 0 Å². The van der Waals surface area contributed by atoms with Gasteiger partial charge in [0, 0.05) is 12.1 Å². The third kappa shape index (κ3) is 1.55. The lowest BCUT2D eigenvalue weighted by atomic mass is 10.2. The van der Waals surface area contributed by atoms with Crippen molar-refractivity contribution >= 4 is 12.2 Å². The van der Waals surface area contributed by atoms with Crippen molar-refractivity contribution in [3.05, 3.63) is 12.2 Å². The van der Waals surface area contributed by atoms with Gasteiger partial charge in [0.25, 0.3) is 0 Å². The summed E-state index contributed by atoms with van der Waals surface area (Å²) in [6, 6.07) is -0.214. The summed E-state index contributed by atoms with van der Waals surface area (Å²) in [7, 11) is 0. The average Bonchev–Trinajstić information content (AvgIpc) is 2.49. The molecule has 0 aliphatic carbocycles. The SMILES string of the molecule is C=C(C)C(=O)N1CCC[C@@H]1C=O. The minimum Gasteiger partial charge on any atom is -0.329 e. The number of carbonyl (C=O) groups is 2. The van der Waals surface area contributed by atoms with Crippen LogP contribution in [0.15, 0.2) is 12.2 Å². The molecule has 1 amide bonds. The average molecular weight is 167 g/mol. The topological polar surface area (TPSA) is 37.4 Å². The molecule has 0 radical (unpaired) electrons. The molecule has 1 aliphatic heterocycles. The second kappa shape index (κ2) is 3.52. The lowest BCUT2D eigenvalue weighted by Gasteiger charge is -2.19. The van der Waals surface area contributed by atoms with Gasteiger partial charge in [0.15, 0.2) is 0 Å². The van der Waals surface area contributed by atoms with Gasteiger partial charge in [-0.3, -0.25) is 4.79 Å². The van der Waals surface area contributed by atoms with Gasteiger partial charge in [0.2, 0.25) is 5.91 Å². The normalized spacial score (nSPS) is 22.4. The van der Waals surface area contributed by atoms with E-state index in [4.69, 9.17) is 0 Å². The molecular weight excluding hydrogens is 154 g/mol. The number of rotatable bonds is 2. The highest BCUT2D eigenvalue weighted by Gasteiger charge is 2.27. The van der Waals surface area contributed by atoms with Crippen LogP contribution in [0, 0.1) is 0 Å². The first kappa shape index (κ1) is 8.97. The molecule has 1 heterocycles. The van der Waals surface area contributed by atoms with Crippen LogP contribution in [0.4, 0.5) is 0 Å². The number of hydrogen-bond donors (Lipinski definition) is 0. The third-order valence-electron chi connectivity index (χ3n) is 2.08. The molecule has 3 heteroatoms. The summed E-state index contributed by atoms with van der Waals surface area (Å²) in [5.74, 6) is -0.0930. The number of amides is 1. The van der Waals surface area contributed by atoms with Crippen LogP contribution in [0.1, 0.15) is 19.8 Å². The Morgan fingerprint density at radius 3 is 2.83 bits per heavy atom. The summed E-state index contributed by atoms with van der Waals surface area (Å²) in [6.45, 7) is 5.92. The molecular formula is C9H13NO2. The Morgan fingerprint density at radius 1 is 1.67 bits per heavy atom. The third-order valence-corrected chi connectivity index (χ3v) is 2.08. The van der Waals surface area contributed by atoms with E-state index < -0.39 is 0 Å². The minimum absolute atomic E-state index is 0.0930. The van der Waals surface area contributed by atoms with Crippen LogP contribution in [0.2, 0.25) is 0 Å². The maximum absolute atomic E-state index is 11.4. The molecule has 3 nitrogen and oxygen atoms in total. The molecule has 0 spiro atoms. The molecule has 0 unspecified atom stereocenters. The molecule has 12 heavy (non-hydrogen) atoms. The van der Waals surface area contributed by atoms with E-state index in [0.717, 1.165) is 19.1 Å². The summed E-state index contributed by atoms with van der Waals surface area (Å²) in [5, 5.41) is 0. The molecule has 0 aromatic carbocycles. The van der Waals surface area contributed by atoms with Crippen molar-refractivity contribution in [1.82, 2.24) is 4.90 Å². The molecule has 0 aromatic heterocycles. The summed E-state index contributed by atoms with van der Waals surface area (Å²) >= 11 is 0. The van der Waals surface area contributed by atoms with E-state index in [2.05, 4.69) is 6.58 Å². The summed E-state index contributed by atoms with van der Waals surface area (Å²) < 4.78 is 0. The van der Waals surface area contributed by atoms with E-state index in [9.17, 15) is 9.59 Å². The minimum atomic E-state index is -0.214. The number of likely N-dealkylation sites (tertiary alicyclic amines) is 1. The zero-order chi connectivity index (χ0) is 9.14. The van der Waals surface area contributed by atoms with Gasteiger partial charge in [-0.25, -0.2) is 0 Å². The monoisotopic (exact) mass is 167 g/mol. The largest absolute Gasteiger partial charge is 0.329 e. The fourth-order valence-electron chi connectivity index (χ4n) is 1.43. The van der Waals surface area contributed by atoms with E-state index in [1.54, 1.807) is 11.8 Å². The molecule has 0 bridgehead atoms. The molecule has 1 saturated heterocycles. The smallest absolute Gasteiger partial charge is 0.249 e. The van der Waals surface area contributed by atoms with Gasteiger partial charge in [-0.2, -0.15) is 0 Å². The highest BCUT2D eigenvalue weighted by molar-refractivity contribution is 5.94. The summed E-state index contributed by atoms with van der Waals surface area (Å²) in [6.07, 6.45) is 2.55. The van der Waals surface area contributed by atoms with Gasteiger partial charge in [-0.05, 0) is 19.8 Å². The van der Waals surface area contributed by atoms with Crippen LogP contribution in [-0.2, 0) is 9.59 Å². The van der Waals surface area contributed by atoms with Crippen LogP contribution in [-0.4, -0.2) is 29.7 Å². The van der Waals surface area contributed by atoms with E-state index >= 15 is 0 Å². The van der Waals surface area contributed by atoms with Crippen LogP contribution in [0.25, 0.3) is 0 Å². The van der Waals surface area contributed by atoms with E-state index in [0.29, 0.717) is 12.1 Å². The van der Waals surface area contributed by atoms with Crippen LogP contribution in [0.3, 0.4) is 0 Å². The first-order chi connectivity index (χ1) is 5.66. The number of hydrogen-bond acceptors (Lipinski definition) is 2. The molecule has 66 valence electrons. The van der Waals surface area contributed by atoms with Crippen molar-refractivity contribution in [2.45, 2.75) is 25.8 Å². The Kier molecular flexibility index (Phi) is 2.63. The van der Waals surface area contributed by atoms with Crippen LogP contribution >= 0.6 is 0 Å². The Balaban J connectivity index is 2.67. The number of nitrogens with zero attached hydrogens (tertiary/aromatic N) is 1. The maximum atomic E-state index is 11.4. The second-order valence-electron chi connectivity index (χ2n) is 3.12. The van der Waals surface area contributed by atoms with Crippen molar-refractivity contribution in [3.8, 4) is 0 Å². The first-order valence-corrected chi connectivity index (χ1v) is 4.08. The molecule has 0 saturated carbocycles. The van der Waals surface area contributed by atoms with E-state index in [-0.39, 0.29) is 11.9 Å². The molecule has 1 rings (SSSR count). The Hall–Kier alpha value is -1.12. The van der Waals surface area contributed by atoms with Gasteiger partial charge in [-0.1, -0.05) is 6.58 Å². The fraction of sp³-hybridized carbons (Fsp3) is 0.556. The quantitative estimate of drug-likeness (QED) is 0.449. The molecule has 0 aromatic rings. The number of aldehydes is 1. The van der Waals surface area contributed by atoms with Gasteiger partial charge >= 0.3 is 0 Å². The van der Waals surface area contributed by atoms with Gasteiger partial charge in [0.05, 0.1) is 6.04 Å². The van der Waals surface area contributed by atoms with Gasteiger partial charge in [-0.15, -0.1) is 0 Å². The maximum Gasteiger partial charge on any atom is 0.249 e. The highest BCUT2D eigenvalue weighted by Crippen LogP contribution is 2.17. The molecule has 1 atom stereocenters. The molecule has 1 fully saturated rings. The van der Waals surface area contributed by atoms with Crippen molar-refractivity contribution < 1.29 is 9.59 Å².